The van der Waals surface area contributed by atoms with Crippen molar-refractivity contribution >= 4 is 16.7 Å². The van der Waals surface area contributed by atoms with Crippen molar-refractivity contribution in [3.8, 4) is 0 Å². The molecular formula is C17H22FN3O. The Morgan fingerprint density at radius 1 is 1.18 bits per heavy atom. The van der Waals surface area contributed by atoms with Crippen LogP contribution in [0, 0.1) is 5.82 Å². The Kier molecular flexibility index (Phi) is 5.16. The van der Waals surface area contributed by atoms with Crippen molar-refractivity contribution in [3.63, 3.8) is 0 Å². The summed E-state index contributed by atoms with van der Waals surface area (Å²) in [5.41, 5.74) is 0.360. The molecule has 1 aromatic heterocycles. The predicted octanol–water partition coefficient (Wildman–Crippen LogP) is 3.92. The Hall–Kier alpha value is -1.75. The van der Waals surface area contributed by atoms with Crippen molar-refractivity contribution in [1.29, 1.82) is 0 Å². The van der Waals surface area contributed by atoms with E-state index in [4.69, 9.17) is 4.74 Å². The Labute approximate surface area is 130 Å². The Morgan fingerprint density at radius 2 is 2.05 bits per heavy atom. The fourth-order valence-corrected chi connectivity index (χ4v) is 2.95. The minimum absolute atomic E-state index is 0.316. The summed E-state index contributed by atoms with van der Waals surface area (Å²) in [4.78, 5) is 8.20. The molecule has 22 heavy (non-hydrogen) atoms. The molecule has 1 saturated carbocycles. The number of hydrogen-bond donors (Lipinski definition) is 1. The van der Waals surface area contributed by atoms with Crippen LogP contribution in [0.1, 0.15) is 38.5 Å². The van der Waals surface area contributed by atoms with Crippen LogP contribution in [0.5, 0.6) is 0 Å². The number of anilines is 1. The molecule has 0 aliphatic heterocycles. The van der Waals surface area contributed by atoms with E-state index < -0.39 is 0 Å². The van der Waals surface area contributed by atoms with Gasteiger partial charge in [0, 0.05) is 18.5 Å². The van der Waals surface area contributed by atoms with Gasteiger partial charge >= 0.3 is 0 Å². The van der Waals surface area contributed by atoms with Gasteiger partial charge in [0.25, 0.3) is 0 Å². The molecule has 0 unspecified atom stereocenters. The second kappa shape index (κ2) is 7.49. The van der Waals surface area contributed by atoms with Gasteiger partial charge in [-0.25, -0.2) is 14.4 Å². The van der Waals surface area contributed by atoms with E-state index >= 15 is 0 Å². The number of nitrogens with zero attached hydrogens (tertiary/aromatic N) is 2. The van der Waals surface area contributed by atoms with Gasteiger partial charge in [-0.05, 0) is 31.4 Å². The quantitative estimate of drug-likeness (QED) is 0.822. The molecule has 2 aromatic rings. The molecule has 1 N–H and O–H groups in total. The molecule has 0 bridgehead atoms. The Balaban J connectivity index is 1.48. The fraction of sp³-hybridized carbons (Fsp3) is 0.529. The molecule has 1 fully saturated rings. The van der Waals surface area contributed by atoms with E-state index in [1.807, 2.05) is 6.07 Å². The molecule has 1 heterocycles. The third-order valence-corrected chi connectivity index (χ3v) is 4.13. The highest BCUT2D eigenvalue weighted by atomic mass is 19.1. The summed E-state index contributed by atoms with van der Waals surface area (Å²) in [6.07, 6.45) is 9.08. The first-order valence-electron chi connectivity index (χ1n) is 8.09. The van der Waals surface area contributed by atoms with Crippen LogP contribution in [0.25, 0.3) is 10.9 Å². The first-order chi connectivity index (χ1) is 10.8. The second-order valence-corrected chi connectivity index (χ2v) is 5.77. The lowest BCUT2D eigenvalue weighted by molar-refractivity contribution is 0.0284. The minimum atomic E-state index is -0.316. The van der Waals surface area contributed by atoms with Crippen LogP contribution >= 0.6 is 0 Å². The minimum Gasteiger partial charge on any atom is -0.378 e. The molecule has 0 saturated heterocycles. The maximum Gasteiger partial charge on any atom is 0.149 e. The highest BCUT2D eigenvalue weighted by molar-refractivity contribution is 5.89. The lowest BCUT2D eigenvalue weighted by atomic mass is 9.98. The molecule has 0 atom stereocenters. The van der Waals surface area contributed by atoms with Crippen molar-refractivity contribution in [2.45, 2.75) is 44.6 Å². The zero-order valence-electron chi connectivity index (χ0n) is 12.7. The second-order valence-electron chi connectivity index (χ2n) is 5.77. The largest absolute Gasteiger partial charge is 0.378 e. The van der Waals surface area contributed by atoms with Gasteiger partial charge < -0.3 is 10.1 Å². The van der Waals surface area contributed by atoms with Crippen LogP contribution in [0.4, 0.5) is 10.2 Å². The molecule has 1 aliphatic rings. The highest BCUT2D eigenvalue weighted by Gasteiger charge is 2.13. The summed E-state index contributed by atoms with van der Waals surface area (Å²) < 4.78 is 19.6. The number of benzene rings is 1. The summed E-state index contributed by atoms with van der Waals surface area (Å²) in [5.74, 6) is 0.366. The van der Waals surface area contributed by atoms with Crippen molar-refractivity contribution in [2.24, 2.45) is 0 Å². The monoisotopic (exact) mass is 303 g/mol. The third kappa shape index (κ3) is 3.71. The first-order valence-corrected chi connectivity index (χ1v) is 8.09. The summed E-state index contributed by atoms with van der Waals surface area (Å²) in [6, 6.07) is 4.93. The molecule has 0 spiro atoms. The smallest absolute Gasteiger partial charge is 0.149 e. The molecule has 5 heteroatoms. The number of halogens is 1. The van der Waals surface area contributed by atoms with Gasteiger partial charge in [0.05, 0.1) is 6.10 Å². The lowest BCUT2D eigenvalue weighted by Gasteiger charge is -2.22. The van der Waals surface area contributed by atoms with E-state index in [1.54, 1.807) is 6.07 Å². The summed E-state index contributed by atoms with van der Waals surface area (Å²) in [7, 11) is 0. The van der Waals surface area contributed by atoms with Crippen molar-refractivity contribution in [3.05, 3.63) is 30.3 Å². The molecule has 4 nitrogen and oxygen atoms in total. The molecule has 0 radical (unpaired) electrons. The highest BCUT2D eigenvalue weighted by Crippen LogP contribution is 2.22. The summed E-state index contributed by atoms with van der Waals surface area (Å²) in [5, 5.41) is 3.97. The third-order valence-electron chi connectivity index (χ3n) is 4.13. The molecular weight excluding hydrogens is 281 g/mol. The van der Waals surface area contributed by atoms with E-state index in [-0.39, 0.29) is 5.82 Å². The summed E-state index contributed by atoms with van der Waals surface area (Å²) >= 11 is 0. The average molecular weight is 303 g/mol. The van der Waals surface area contributed by atoms with Crippen LogP contribution in [0.15, 0.2) is 24.5 Å². The van der Waals surface area contributed by atoms with Gasteiger partial charge in [-0.15, -0.1) is 0 Å². The van der Waals surface area contributed by atoms with Gasteiger partial charge in [-0.3, -0.25) is 0 Å². The number of rotatable bonds is 6. The van der Waals surface area contributed by atoms with Crippen molar-refractivity contribution < 1.29 is 9.13 Å². The maximum atomic E-state index is 13.7. The molecule has 118 valence electrons. The Morgan fingerprint density at radius 3 is 2.91 bits per heavy atom. The van der Waals surface area contributed by atoms with E-state index in [0.717, 1.165) is 25.0 Å². The average Bonchev–Trinajstić information content (AvgIpc) is 2.56. The number of aromatic nitrogens is 2. The van der Waals surface area contributed by atoms with Gasteiger partial charge in [0.2, 0.25) is 0 Å². The topological polar surface area (TPSA) is 47.0 Å². The van der Waals surface area contributed by atoms with Crippen LogP contribution in [0.3, 0.4) is 0 Å². The molecule has 3 rings (SSSR count). The zero-order chi connectivity index (χ0) is 15.2. The van der Waals surface area contributed by atoms with Crippen molar-refractivity contribution in [1.82, 2.24) is 9.97 Å². The first kappa shape index (κ1) is 15.2. The number of hydrogen-bond acceptors (Lipinski definition) is 4. The number of para-hydroxylation sites is 1. The van der Waals surface area contributed by atoms with Gasteiger partial charge in [0.1, 0.15) is 23.5 Å². The number of fused-ring (bicyclic) bond motifs is 1. The van der Waals surface area contributed by atoms with Crippen molar-refractivity contribution in [2.75, 3.05) is 18.5 Å². The molecule has 1 aromatic carbocycles. The van der Waals surface area contributed by atoms with E-state index in [9.17, 15) is 4.39 Å². The maximum absolute atomic E-state index is 13.7. The fourth-order valence-electron chi connectivity index (χ4n) is 2.95. The predicted molar refractivity (Wildman–Crippen MR) is 85.4 cm³/mol. The van der Waals surface area contributed by atoms with Gasteiger partial charge in [-0.2, -0.15) is 0 Å². The number of ether oxygens (including phenoxy) is 1. The van der Waals surface area contributed by atoms with E-state index in [0.29, 0.717) is 17.4 Å². The summed E-state index contributed by atoms with van der Waals surface area (Å²) in [6.45, 7) is 1.52. The van der Waals surface area contributed by atoms with Crippen LogP contribution in [-0.4, -0.2) is 29.2 Å². The lowest BCUT2D eigenvalue weighted by Crippen LogP contribution is -2.18. The normalized spacial score (nSPS) is 16.0. The SMILES string of the molecule is Fc1cccc2c(NCCCOC3CCCCC3)ncnc12. The Bertz CT molecular complexity index is 614. The van der Waals surface area contributed by atoms with E-state index in [2.05, 4.69) is 15.3 Å². The van der Waals surface area contributed by atoms with Crippen LogP contribution in [-0.2, 0) is 4.74 Å². The standard InChI is InChI=1S/C17H22FN3O/c18-15-9-4-8-14-16(15)20-12-21-17(14)19-10-5-11-22-13-6-2-1-3-7-13/h4,8-9,12-13H,1-3,5-7,10-11H2,(H,19,20,21). The number of nitrogens with one attached hydrogen (secondary N) is 1. The van der Waals surface area contributed by atoms with Crippen LogP contribution in [0.2, 0.25) is 0 Å². The van der Waals surface area contributed by atoms with Gasteiger partial charge in [-0.1, -0.05) is 25.3 Å². The van der Waals surface area contributed by atoms with Crippen LogP contribution < -0.4 is 5.32 Å². The van der Waals surface area contributed by atoms with E-state index in [1.165, 1.54) is 44.5 Å². The molecule has 0 amide bonds. The molecule has 1 aliphatic carbocycles. The van der Waals surface area contributed by atoms with Gasteiger partial charge in [0.15, 0.2) is 0 Å². The zero-order valence-corrected chi connectivity index (χ0v) is 12.7.